The second-order valence-electron chi connectivity index (χ2n) is 3.75. The van der Waals surface area contributed by atoms with Gasteiger partial charge in [-0.2, -0.15) is 5.10 Å². The van der Waals surface area contributed by atoms with Crippen molar-refractivity contribution in [2.45, 2.75) is 13.2 Å². The zero-order chi connectivity index (χ0) is 13.0. The maximum Gasteiger partial charge on any atom is 0.132 e. The summed E-state index contributed by atoms with van der Waals surface area (Å²) < 4.78 is 8.11. The largest absolute Gasteiger partial charge is 0.487 e. The number of anilines is 1. The molecular weight excluding hydrogens is 298 g/mol. The third-order valence-corrected chi connectivity index (χ3v) is 2.85. The standard InChI is InChI=1S/C12H14BrN3O2/c13-9-2-1-3-11(6-9)18-8-10-7-12(14)16(15-10)4-5-17/h1-3,6-7,17H,4-5,8,14H2. The van der Waals surface area contributed by atoms with E-state index < -0.39 is 0 Å². The maximum atomic E-state index is 8.84. The molecule has 0 spiro atoms. The number of aliphatic hydroxyl groups excluding tert-OH is 1. The van der Waals surface area contributed by atoms with Gasteiger partial charge in [0.05, 0.1) is 13.2 Å². The molecule has 3 N–H and O–H groups in total. The highest BCUT2D eigenvalue weighted by molar-refractivity contribution is 9.10. The summed E-state index contributed by atoms with van der Waals surface area (Å²) in [6, 6.07) is 9.33. The Kier molecular flexibility index (Phi) is 4.22. The van der Waals surface area contributed by atoms with Crippen LogP contribution in [0.25, 0.3) is 0 Å². The number of benzene rings is 1. The van der Waals surface area contributed by atoms with E-state index in [1.165, 1.54) is 0 Å². The number of aromatic nitrogens is 2. The molecule has 2 rings (SSSR count). The molecule has 0 atom stereocenters. The van der Waals surface area contributed by atoms with Crippen LogP contribution in [0.5, 0.6) is 5.75 Å². The van der Waals surface area contributed by atoms with E-state index in [-0.39, 0.29) is 6.61 Å². The van der Waals surface area contributed by atoms with Gasteiger partial charge in [-0.1, -0.05) is 22.0 Å². The number of hydrogen-bond donors (Lipinski definition) is 2. The van der Waals surface area contributed by atoms with Crippen molar-refractivity contribution in [3.05, 3.63) is 40.5 Å². The fourth-order valence-electron chi connectivity index (χ4n) is 1.55. The molecule has 96 valence electrons. The Morgan fingerprint density at radius 1 is 1.39 bits per heavy atom. The second kappa shape index (κ2) is 5.88. The van der Waals surface area contributed by atoms with Gasteiger partial charge < -0.3 is 15.6 Å². The molecule has 0 radical (unpaired) electrons. The van der Waals surface area contributed by atoms with Crippen molar-refractivity contribution >= 4 is 21.7 Å². The molecule has 5 nitrogen and oxygen atoms in total. The molecule has 0 bridgehead atoms. The summed E-state index contributed by atoms with van der Waals surface area (Å²) in [6.07, 6.45) is 0. The fraction of sp³-hybridized carbons (Fsp3) is 0.250. The van der Waals surface area contributed by atoms with Gasteiger partial charge in [-0.25, -0.2) is 4.68 Å². The zero-order valence-corrected chi connectivity index (χ0v) is 11.3. The number of ether oxygens (including phenoxy) is 1. The minimum Gasteiger partial charge on any atom is -0.487 e. The lowest BCUT2D eigenvalue weighted by Gasteiger charge is -2.04. The molecule has 0 saturated heterocycles. The van der Waals surface area contributed by atoms with Crippen molar-refractivity contribution in [1.82, 2.24) is 9.78 Å². The van der Waals surface area contributed by atoms with E-state index in [9.17, 15) is 0 Å². The number of nitrogens with zero attached hydrogens (tertiary/aromatic N) is 2. The van der Waals surface area contributed by atoms with E-state index in [4.69, 9.17) is 15.6 Å². The quantitative estimate of drug-likeness (QED) is 0.883. The highest BCUT2D eigenvalue weighted by Gasteiger charge is 2.05. The molecule has 0 aliphatic rings. The summed E-state index contributed by atoms with van der Waals surface area (Å²) in [7, 11) is 0. The number of aliphatic hydroxyl groups is 1. The van der Waals surface area contributed by atoms with Crippen molar-refractivity contribution < 1.29 is 9.84 Å². The summed E-state index contributed by atoms with van der Waals surface area (Å²) >= 11 is 3.38. The van der Waals surface area contributed by atoms with Crippen LogP contribution in [0.2, 0.25) is 0 Å². The summed E-state index contributed by atoms with van der Waals surface area (Å²) in [5.74, 6) is 1.29. The smallest absolute Gasteiger partial charge is 0.132 e. The molecule has 18 heavy (non-hydrogen) atoms. The molecule has 2 aromatic rings. The van der Waals surface area contributed by atoms with Crippen LogP contribution >= 0.6 is 15.9 Å². The van der Waals surface area contributed by atoms with Gasteiger partial charge in [0.25, 0.3) is 0 Å². The molecule has 1 heterocycles. The summed E-state index contributed by atoms with van der Waals surface area (Å²) in [4.78, 5) is 0. The Labute approximate surface area is 113 Å². The van der Waals surface area contributed by atoms with E-state index in [2.05, 4.69) is 21.0 Å². The Morgan fingerprint density at radius 2 is 2.22 bits per heavy atom. The molecule has 0 saturated carbocycles. The van der Waals surface area contributed by atoms with Gasteiger partial charge in [0.2, 0.25) is 0 Å². The zero-order valence-electron chi connectivity index (χ0n) is 9.71. The fourth-order valence-corrected chi connectivity index (χ4v) is 1.92. The lowest BCUT2D eigenvalue weighted by atomic mass is 10.3. The van der Waals surface area contributed by atoms with E-state index >= 15 is 0 Å². The van der Waals surface area contributed by atoms with E-state index in [0.717, 1.165) is 15.9 Å². The Hall–Kier alpha value is -1.53. The first-order valence-corrected chi connectivity index (χ1v) is 6.30. The molecule has 6 heteroatoms. The van der Waals surface area contributed by atoms with E-state index in [0.29, 0.717) is 19.0 Å². The average Bonchev–Trinajstić information content (AvgIpc) is 2.69. The van der Waals surface area contributed by atoms with Gasteiger partial charge in [0.15, 0.2) is 0 Å². The first kappa shape index (κ1) is 12.9. The first-order chi connectivity index (χ1) is 8.69. The highest BCUT2D eigenvalue weighted by atomic mass is 79.9. The number of nitrogens with two attached hydrogens (primary N) is 1. The van der Waals surface area contributed by atoms with Crippen LogP contribution in [0.1, 0.15) is 5.69 Å². The molecule has 1 aromatic heterocycles. The molecule has 0 fully saturated rings. The second-order valence-corrected chi connectivity index (χ2v) is 4.67. The normalized spacial score (nSPS) is 10.6. The third-order valence-electron chi connectivity index (χ3n) is 2.36. The SMILES string of the molecule is Nc1cc(COc2cccc(Br)c2)nn1CCO. The van der Waals surface area contributed by atoms with Gasteiger partial charge in [0.1, 0.15) is 23.9 Å². The van der Waals surface area contributed by atoms with Crippen LogP contribution in [-0.2, 0) is 13.2 Å². The highest BCUT2D eigenvalue weighted by Crippen LogP contribution is 2.19. The molecule has 0 aliphatic heterocycles. The van der Waals surface area contributed by atoms with Crippen molar-refractivity contribution in [2.75, 3.05) is 12.3 Å². The molecule has 0 unspecified atom stereocenters. The predicted molar refractivity (Wildman–Crippen MR) is 72.2 cm³/mol. The number of nitrogen functional groups attached to an aromatic ring is 1. The van der Waals surface area contributed by atoms with Crippen LogP contribution in [0.3, 0.4) is 0 Å². The lowest BCUT2D eigenvalue weighted by molar-refractivity contribution is 0.267. The molecule has 1 aromatic carbocycles. The summed E-state index contributed by atoms with van der Waals surface area (Å²) in [5.41, 5.74) is 6.48. The predicted octanol–water partition coefficient (Wildman–Crippen LogP) is 1.80. The van der Waals surface area contributed by atoms with Crippen LogP contribution in [-0.4, -0.2) is 21.5 Å². The number of hydrogen-bond acceptors (Lipinski definition) is 4. The van der Waals surface area contributed by atoms with Crippen LogP contribution < -0.4 is 10.5 Å². The Bertz CT molecular complexity index is 528. The lowest BCUT2D eigenvalue weighted by Crippen LogP contribution is -2.08. The van der Waals surface area contributed by atoms with Crippen LogP contribution in [0.4, 0.5) is 5.82 Å². The van der Waals surface area contributed by atoms with E-state index in [1.807, 2.05) is 24.3 Å². The summed E-state index contributed by atoms with van der Waals surface area (Å²) in [5, 5.41) is 13.1. The van der Waals surface area contributed by atoms with Crippen molar-refractivity contribution in [3.63, 3.8) is 0 Å². The third kappa shape index (κ3) is 3.24. The van der Waals surface area contributed by atoms with Gasteiger partial charge in [-0.15, -0.1) is 0 Å². The molecule has 0 aliphatic carbocycles. The van der Waals surface area contributed by atoms with Gasteiger partial charge in [-0.05, 0) is 18.2 Å². The maximum absolute atomic E-state index is 8.84. The monoisotopic (exact) mass is 311 g/mol. The Morgan fingerprint density at radius 3 is 2.94 bits per heavy atom. The van der Waals surface area contributed by atoms with Gasteiger partial charge >= 0.3 is 0 Å². The van der Waals surface area contributed by atoms with Crippen LogP contribution in [0.15, 0.2) is 34.8 Å². The van der Waals surface area contributed by atoms with Gasteiger partial charge in [0, 0.05) is 10.5 Å². The number of rotatable bonds is 5. The van der Waals surface area contributed by atoms with Gasteiger partial charge in [-0.3, -0.25) is 0 Å². The minimum atomic E-state index is 0.0117. The van der Waals surface area contributed by atoms with Crippen molar-refractivity contribution in [3.8, 4) is 5.75 Å². The van der Waals surface area contributed by atoms with Crippen molar-refractivity contribution in [1.29, 1.82) is 0 Å². The van der Waals surface area contributed by atoms with Crippen LogP contribution in [0, 0.1) is 0 Å². The van der Waals surface area contributed by atoms with E-state index in [1.54, 1.807) is 10.7 Å². The average molecular weight is 312 g/mol. The Balaban J connectivity index is 2.00. The molecular formula is C12H14BrN3O2. The first-order valence-electron chi connectivity index (χ1n) is 5.50. The molecule has 0 amide bonds. The minimum absolute atomic E-state index is 0.0117. The summed E-state index contributed by atoms with van der Waals surface area (Å²) in [6.45, 7) is 0.750. The van der Waals surface area contributed by atoms with Crippen molar-refractivity contribution in [2.24, 2.45) is 0 Å². The number of halogens is 1. The topological polar surface area (TPSA) is 73.3 Å².